The van der Waals surface area contributed by atoms with Gasteiger partial charge in [-0.15, -0.1) is 0 Å². The molecular formula is C15H14FNO5S. The summed E-state index contributed by atoms with van der Waals surface area (Å²) in [6.45, 7) is 1.29. The van der Waals surface area contributed by atoms with Gasteiger partial charge in [-0.05, 0) is 36.8 Å². The Balaban J connectivity index is 2.41. The number of carboxylic acid groups (broad SMARTS) is 1. The maximum Gasteiger partial charge on any atom is 0.326 e. The molecule has 0 saturated heterocycles. The third kappa shape index (κ3) is 3.66. The lowest BCUT2D eigenvalue weighted by atomic mass is 10.1. The first-order valence-corrected chi connectivity index (χ1v) is 8.00. The molecule has 23 heavy (non-hydrogen) atoms. The van der Waals surface area contributed by atoms with Crippen molar-refractivity contribution in [1.82, 2.24) is 4.72 Å². The normalized spacial score (nSPS) is 12.8. The highest BCUT2D eigenvalue weighted by Gasteiger charge is 2.28. The summed E-state index contributed by atoms with van der Waals surface area (Å²) < 4.78 is 40.3. The molecule has 3 N–H and O–H groups in total. The Morgan fingerprint density at radius 2 is 1.78 bits per heavy atom. The molecule has 0 heterocycles. The van der Waals surface area contributed by atoms with Gasteiger partial charge in [0.15, 0.2) is 0 Å². The third-order valence-corrected chi connectivity index (χ3v) is 4.82. The van der Waals surface area contributed by atoms with Gasteiger partial charge in [0.25, 0.3) is 0 Å². The second-order valence-electron chi connectivity index (χ2n) is 4.85. The Labute approximate surface area is 132 Å². The standard InChI is InChI=1S/C15H14FNO5S/c1-9-12(16)3-2-4-13(9)23(21,22)17-14(15(19)20)10-5-7-11(18)8-6-10/h2-8,14,17-18H,1H3,(H,19,20)/t14-/m0/s1. The topological polar surface area (TPSA) is 104 Å². The molecule has 0 aliphatic carbocycles. The molecule has 122 valence electrons. The number of sulfonamides is 1. The molecule has 1 atom stereocenters. The number of phenols is 1. The molecule has 0 unspecified atom stereocenters. The quantitative estimate of drug-likeness (QED) is 0.772. The molecule has 8 heteroatoms. The summed E-state index contributed by atoms with van der Waals surface area (Å²) in [7, 11) is -4.25. The summed E-state index contributed by atoms with van der Waals surface area (Å²) in [5, 5.41) is 18.5. The first kappa shape index (κ1) is 16.9. The summed E-state index contributed by atoms with van der Waals surface area (Å²) in [6, 6.07) is 7.03. The van der Waals surface area contributed by atoms with Crippen LogP contribution in [0.4, 0.5) is 4.39 Å². The van der Waals surface area contributed by atoms with E-state index in [9.17, 15) is 27.8 Å². The number of rotatable bonds is 5. The van der Waals surface area contributed by atoms with Crippen LogP contribution in [0.2, 0.25) is 0 Å². The van der Waals surface area contributed by atoms with E-state index in [4.69, 9.17) is 0 Å². The van der Waals surface area contributed by atoms with Crippen LogP contribution >= 0.6 is 0 Å². The molecule has 2 aromatic rings. The number of carboxylic acids is 1. The summed E-state index contributed by atoms with van der Waals surface area (Å²) >= 11 is 0. The second kappa shape index (κ2) is 6.35. The molecule has 0 fully saturated rings. The van der Waals surface area contributed by atoms with Gasteiger partial charge in [0.2, 0.25) is 10.0 Å². The number of phenolic OH excluding ortho intramolecular Hbond substituents is 1. The minimum Gasteiger partial charge on any atom is -0.508 e. The number of aliphatic carboxylic acids is 1. The van der Waals surface area contributed by atoms with Gasteiger partial charge in [0, 0.05) is 5.56 Å². The zero-order valence-electron chi connectivity index (χ0n) is 12.0. The molecule has 0 aromatic heterocycles. The van der Waals surface area contributed by atoms with E-state index in [0.717, 1.165) is 6.07 Å². The maximum absolute atomic E-state index is 13.5. The van der Waals surface area contributed by atoms with E-state index in [1.54, 1.807) is 0 Å². The number of carbonyl (C=O) groups is 1. The average Bonchev–Trinajstić information content (AvgIpc) is 2.48. The van der Waals surface area contributed by atoms with Gasteiger partial charge < -0.3 is 10.2 Å². The zero-order chi connectivity index (χ0) is 17.2. The van der Waals surface area contributed by atoms with Gasteiger partial charge in [-0.3, -0.25) is 4.79 Å². The number of benzene rings is 2. The molecule has 0 bridgehead atoms. The highest BCUT2D eigenvalue weighted by atomic mass is 32.2. The number of hydrogen-bond donors (Lipinski definition) is 3. The summed E-state index contributed by atoms with van der Waals surface area (Å²) in [5.41, 5.74) is 0.0303. The fourth-order valence-electron chi connectivity index (χ4n) is 2.03. The minimum atomic E-state index is -4.25. The number of nitrogens with one attached hydrogen (secondary N) is 1. The van der Waals surface area contributed by atoms with Gasteiger partial charge >= 0.3 is 5.97 Å². The van der Waals surface area contributed by atoms with Crippen LogP contribution in [0.5, 0.6) is 5.75 Å². The van der Waals surface area contributed by atoms with Crippen molar-refractivity contribution in [3.05, 3.63) is 59.4 Å². The van der Waals surface area contributed by atoms with Crippen LogP contribution in [-0.2, 0) is 14.8 Å². The van der Waals surface area contributed by atoms with Crippen molar-refractivity contribution in [1.29, 1.82) is 0 Å². The van der Waals surface area contributed by atoms with Crippen LogP contribution < -0.4 is 4.72 Å². The number of halogens is 1. The predicted molar refractivity (Wildman–Crippen MR) is 79.9 cm³/mol. The van der Waals surface area contributed by atoms with Crippen LogP contribution in [0.3, 0.4) is 0 Å². The Morgan fingerprint density at radius 3 is 2.35 bits per heavy atom. The van der Waals surface area contributed by atoms with Crippen LogP contribution in [0.1, 0.15) is 17.2 Å². The van der Waals surface area contributed by atoms with Crippen molar-refractivity contribution in [3.63, 3.8) is 0 Å². The SMILES string of the molecule is Cc1c(F)cccc1S(=O)(=O)N[C@H](C(=O)O)c1ccc(O)cc1. The van der Waals surface area contributed by atoms with Crippen LogP contribution in [0.15, 0.2) is 47.4 Å². The lowest BCUT2D eigenvalue weighted by Crippen LogP contribution is -2.34. The van der Waals surface area contributed by atoms with Crippen LogP contribution in [0.25, 0.3) is 0 Å². The first-order valence-electron chi connectivity index (χ1n) is 6.51. The fourth-order valence-corrected chi connectivity index (χ4v) is 3.46. The van der Waals surface area contributed by atoms with Crippen molar-refractivity contribution in [2.24, 2.45) is 0 Å². The average molecular weight is 339 g/mol. The van der Waals surface area contributed by atoms with Crippen molar-refractivity contribution in [2.45, 2.75) is 17.9 Å². The van der Waals surface area contributed by atoms with Crippen LogP contribution in [-0.4, -0.2) is 24.6 Å². The van der Waals surface area contributed by atoms with E-state index >= 15 is 0 Å². The Kier molecular flexibility index (Phi) is 4.67. The number of hydrogen-bond acceptors (Lipinski definition) is 4. The Hall–Kier alpha value is -2.45. The minimum absolute atomic E-state index is 0.0817. The molecule has 2 aromatic carbocycles. The lowest BCUT2D eigenvalue weighted by molar-refractivity contribution is -0.139. The molecular weight excluding hydrogens is 325 g/mol. The van der Waals surface area contributed by atoms with E-state index in [0.29, 0.717) is 0 Å². The van der Waals surface area contributed by atoms with Crippen molar-refractivity contribution in [2.75, 3.05) is 0 Å². The molecule has 0 aliphatic rings. The molecule has 0 saturated carbocycles. The summed E-state index contributed by atoms with van der Waals surface area (Å²) in [4.78, 5) is 11.1. The Bertz CT molecular complexity index is 833. The van der Waals surface area contributed by atoms with E-state index in [2.05, 4.69) is 0 Å². The number of aromatic hydroxyl groups is 1. The predicted octanol–water partition coefficient (Wildman–Crippen LogP) is 1.94. The van der Waals surface area contributed by atoms with E-state index in [1.165, 1.54) is 43.3 Å². The summed E-state index contributed by atoms with van der Waals surface area (Å²) in [6.07, 6.45) is 0. The maximum atomic E-state index is 13.5. The van der Waals surface area contributed by atoms with E-state index < -0.39 is 27.9 Å². The third-order valence-electron chi connectivity index (χ3n) is 3.25. The second-order valence-corrected chi connectivity index (χ2v) is 6.53. The highest BCUT2D eigenvalue weighted by molar-refractivity contribution is 7.89. The molecule has 6 nitrogen and oxygen atoms in total. The van der Waals surface area contributed by atoms with Gasteiger partial charge in [-0.25, -0.2) is 12.8 Å². The van der Waals surface area contributed by atoms with Crippen molar-refractivity contribution < 1.29 is 27.8 Å². The van der Waals surface area contributed by atoms with Gasteiger partial charge in [-0.1, -0.05) is 18.2 Å². The largest absolute Gasteiger partial charge is 0.508 e. The van der Waals surface area contributed by atoms with Gasteiger partial charge in [0.05, 0.1) is 4.90 Å². The molecule has 0 amide bonds. The van der Waals surface area contributed by atoms with Crippen LogP contribution in [0, 0.1) is 12.7 Å². The summed E-state index contributed by atoms with van der Waals surface area (Å²) in [5.74, 6) is -2.21. The molecule has 0 aliphatic heterocycles. The van der Waals surface area contributed by atoms with E-state index in [1.807, 2.05) is 4.72 Å². The fraction of sp³-hybridized carbons (Fsp3) is 0.133. The van der Waals surface area contributed by atoms with E-state index in [-0.39, 0.29) is 21.8 Å². The molecule has 0 spiro atoms. The lowest BCUT2D eigenvalue weighted by Gasteiger charge is -2.16. The van der Waals surface area contributed by atoms with Crippen molar-refractivity contribution >= 4 is 16.0 Å². The monoisotopic (exact) mass is 339 g/mol. The molecule has 2 rings (SSSR count). The van der Waals surface area contributed by atoms with Gasteiger partial charge in [0.1, 0.15) is 17.6 Å². The first-order chi connectivity index (χ1) is 10.7. The van der Waals surface area contributed by atoms with Crippen molar-refractivity contribution in [3.8, 4) is 5.75 Å². The highest BCUT2D eigenvalue weighted by Crippen LogP contribution is 2.22. The Morgan fingerprint density at radius 1 is 1.17 bits per heavy atom. The smallest absolute Gasteiger partial charge is 0.326 e. The molecule has 0 radical (unpaired) electrons. The van der Waals surface area contributed by atoms with Gasteiger partial charge in [-0.2, -0.15) is 4.72 Å². The zero-order valence-corrected chi connectivity index (χ0v) is 12.8.